The van der Waals surface area contributed by atoms with Crippen molar-refractivity contribution in [3.05, 3.63) is 52.2 Å². The van der Waals surface area contributed by atoms with Gasteiger partial charge in [-0.1, -0.05) is 0 Å². The van der Waals surface area contributed by atoms with Crippen molar-refractivity contribution in [1.29, 1.82) is 0 Å². The van der Waals surface area contributed by atoms with Crippen molar-refractivity contribution in [1.82, 2.24) is 0 Å². The lowest BCUT2D eigenvalue weighted by Gasteiger charge is -2.06. The predicted octanol–water partition coefficient (Wildman–Crippen LogP) is 2.10. The standard InChI is InChI=1S/C16H13NO6S/c1-22-16(19)9-3-5-13-11(7-9)15(18)12-8-10(17-24(2,20)21)4-6-14(12)23-13/h3-8,17H,1-2H3. The van der Waals surface area contributed by atoms with Gasteiger partial charge in [-0.25, -0.2) is 13.2 Å². The molecule has 0 fully saturated rings. The van der Waals surface area contributed by atoms with Crippen LogP contribution < -0.4 is 10.2 Å². The largest absolute Gasteiger partial charge is 0.465 e. The summed E-state index contributed by atoms with van der Waals surface area (Å²) < 4.78 is 35.2. The highest BCUT2D eigenvalue weighted by Gasteiger charge is 2.13. The molecule has 0 bridgehead atoms. The zero-order chi connectivity index (χ0) is 17.5. The van der Waals surface area contributed by atoms with Crippen LogP contribution >= 0.6 is 0 Å². The van der Waals surface area contributed by atoms with E-state index in [2.05, 4.69) is 9.46 Å². The number of hydrogen-bond donors (Lipinski definition) is 1. The molecule has 1 heterocycles. The Balaban J connectivity index is 2.26. The summed E-state index contributed by atoms with van der Waals surface area (Å²) >= 11 is 0. The van der Waals surface area contributed by atoms with E-state index < -0.39 is 16.0 Å². The summed E-state index contributed by atoms with van der Waals surface area (Å²) in [6, 6.07) is 8.82. The molecule has 2 aromatic carbocycles. The van der Waals surface area contributed by atoms with Gasteiger partial charge in [0, 0.05) is 5.69 Å². The Hall–Kier alpha value is -2.87. The average Bonchev–Trinajstić information content (AvgIpc) is 2.53. The summed E-state index contributed by atoms with van der Waals surface area (Å²) in [7, 11) is -2.22. The number of rotatable bonds is 3. The van der Waals surface area contributed by atoms with Crippen molar-refractivity contribution in [2.75, 3.05) is 18.1 Å². The van der Waals surface area contributed by atoms with Gasteiger partial charge < -0.3 is 9.15 Å². The maximum atomic E-state index is 12.7. The van der Waals surface area contributed by atoms with Crippen molar-refractivity contribution in [2.45, 2.75) is 0 Å². The Bertz CT molecular complexity index is 1130. The molecule has 24 heavy (non-hydrogen) atoms. The molecular weight excluding hydrogens is 334 g/mol. The van der Waals surface area contributed by atoms with Gasteiger partial charge in [0.25, 0.3) is 0 Å². The number of benzene rings is 2. The monoisotopic (exact) mass is 347 g/mol. The fraction of sp³-hybridized carbons (Fsp3) is 0.125. The van der Waals surface area contributed by atoms with Crippen LogP contribution in [0.15, 0.2) is 45.6 Å². The predicted molar refractivity (Wildman–Crippen MR) is 89.8 cm³/mol. The first-order valence-electron chi connectivity index (χ1n) is 6.85. The summed E-state index contributed by atoms with van der Waals surface area (Å²) in [6.07, 6.45) is 1.02. The van der Waals surface area contributed by atoms with Gasteiger partial charge >= 0.3 is 5.97 Å². The van der Waals surface area contributed by atoms with Gasteiger partial charge in [0.05, 0.1) is 29.7 Å². The second kappa shape index (κ2) is 5.64. The van der Waals surface area contributed by atoms with E-state index in [1.54, 1.807) is 0 Å². The third-order valence-electron chi connectivity index (χ3n) is 3.39. The van der Waals surface area contributed by atoms with E-state index in [1.807, 2.05) is 0 Å². The second-order valence-corrected chi connectivity index (χ2v) is 6.97. The third-order valence-corrected chi connectivity index (χ3v) is 4.00. The average molecular weight is 347 g/mol. The zero-order valence-corrected chi connectivity index (χ0v) is 13.6. The van der Waals surface area contributed by atoms with Crippen LogP contribution in [-0.4, -0.2) is 27.8 Å². The zero-order valence-electron chi connectivity index (χ0n) is 12.8. The first-order chi connectivity index (χ1) is 11.3. The van der Waals surface area contributed by atoms with Crippen LogP contribution in [0.5, 0.6) is 0 Å². The Morgan fingerprint density at radius 1 is 1.08 bits per heavy atom. The second-order valence-electron chi connectivity index (χ2n) is 5.22. The van der Waals surface area contributed by atoms with Crippen LogP contribution in [0.1, 0.15) is 10.4 Å². The molecule has 0 unspecified atom stereocenters. The molecular formula is C16H13NO6S. The molecule has 0 atom stereocenters. The van der Waals surface area contributed by atoms with Crippen LogP contribution in [0.25, 0.3) is 21.9 Å². The lowest BCUT2D eigenvalue weighted by Crippen LogP contribution is -2.10. The highest BCUT2D eigenvalue weighted by Crippen LogP contribution is 2.23. The Labute approximate surface area is 136 Å². The Kier molecular flexibility index (Phi) is 3.76. The maximum Gasteiger partial charge on any atom is 0.337 e. The molecule has 0 aliphatic carbocycles. The first kappa shape index (κ1) is 16.0. The number of carbonyl (C=O) groups is 1. The van der Waals surface area contributed by atoms with Gasteiger partial charge in [0.15, 0.2) is 0 Å². The lowest BCUT2D eigenvalue weighted by atomic mass is 10.1. The summed E-state index contributed by atoms with van der Waals surface area (Å²) in [4.78, 5) is 24.3. The molecule has 7 nitrogen and oxygen atoms in total. The van der Waals surface area contributed by atoms with E-state index in [9.17, 15) is 18.0 Å². The number of esters is 1. The summed E-state index contributed by atoms with van der Waals surface area (Å²) in [5, 5.41) is 0.417. The van der Waals surface area contributed by atoms with Crippen molar-refractivity contribution in [3.63, 3.8) is 0 Å². The van der Waals surface area contributed by atoms with Crippen molar-refractivity contribution >= 4 is 43.6 Å². The number of nitrogens with one attached hydrogen (secondary N) is 1. The first-order valence-corrected chi connectivity index (χ1v) is 8.74. The normalized spacial score (nSPS) is 11.6. The van der Waals surface area contributed by atoms with Gasteiger partial charge in [-0.3, -0.25) is 9.52 Å². The van der Waals surface area contributed by atoms with E-state index >= 15 is 0 Å². The molecule has 0 aliphatic heterocycles. The fourth-order valence-corrected chi connectivity index (χ4v) is 2.93. The number of fused-ring (bicyclic) bond motifs is 2. The Morgan fingerprint density at radius 3 is 2.33 bits per heavy atom. The molecule has 0 aliphatic rings. The van der Waals surface area contributed by atoms with Gasteiger partial charge in [-0.15, -0.1) is 0 Å². The SMILES string of the molecule is COC(=O)c1ccc2oc3ccc(NS(C)(=O)=O)cc3c(=O)c2c1. The number of hydrogen-bond acceptors (Lipinski definition) is 6. The Morgan fingerprint density at radius 2 is 1.71 bits per heavy atom. The fourth-order valence-electron chi connectivity index (χ4n) is 2.38. The van der Waals surface area contributed by atoms with E-state index in [1.165, 1.54) is 43.5 Å². The van der Waals surface area contributed by atoms with Crippen molar-refractivity contribution < 1.29 is 22.4 Å². The number of anilines is 1. The summed E-state index contributed by atoms with van der Waals surface area (Å²) in [5.41, 5.74) is 0.748. The van der Waals surface area contributed by atoms with Crippen molar-refractivity contribution in [3.8, 4) is 0 Å². The van der Waals surface area contributed by atoms with E-state index in [0.29, 0.717) is 11.2 Å². The van der Waals surface area contributed by atoms with Crippen LogP contribution in [0.3, 0.4) is 0 Å². The lowest BCUT2D eigenvalue weighted by molar-refractivity contribution is 0.0601. The molecule has 0 radical (unpaired) electrons. The van der Waals surface area contributed by atoms with Gasteiger partial charge in [-0.2, -0.15) is 0 Å². The quantitative estimate of drug-likeness (QED) is 0.575. The maximum absolute atomic E-state index is 12.7. The van der Waals surface area contributed by atoms with Crippen molar-refractivity contribution in [2.24, 2.45) is 0 Å². The van der Waals surface area contributed by atoms with Crippen LogP contribution in [0.2, 0.25) is 0 Å². The number of sulfonamides is 1. The minimum absolute atomic E-state index is 0.207. The number of methoxy groups -OCH3 is 1. The molecule has 1 aromatic heterocycles. The topological polar surface area (TPSA) is 103 Å². The molecule has 0 amide bonds. The molecule has 124 valence electrons. The van der Waals surface area contributed by atoms with Gasteiger partial charge in [0.2, 0.25) is 15.5 Å². The van der Waals surface area contributed by atoms with E-state index in [-0.39, 0.29) is 27.5 Å². The summed E-state index contributed by atoms with van der Waals surface area (Å²) in [6.45, 7) is 0. The minimum atomic E-state index is -3.47. The molecule has 3 rings (SSSR count). The summed E-state index contributed by atoms with van der Waals surface area (Å²) in [5.74, 6) is -0.566. The van der Waals surface area contributed by atoms with E-state index in [4.69, 9.17) is 4.42 Å². The molecule has 0 saturated carbocycles. The molecule has 1 N–H and O–H groups in total. The van der Waals surface area contributed by atoms with Crippen LogP contribution in [0.4, 0.5) is 5.69 Å². The number of ether oxygens (including phenoxy) is 1. The van der Waals surface area contributed by atoms with Crippen LogP contribution in [-0.2, 0) is 14.8 Å². The van der Waals surface area contributed by atoms with Gasteiger partial charge in [0.1, 0.15) is 11.2 Å². The van der Waals surface area contributed by atoms with Crippen LogP contribution in [0, 0.1) is 0 Å². The smallest absolute Gasteiger partial charge is 0.337 e. The highest BCUT2D eigenvalue weighted by molar-refractivity contribution is 7.92. The van der Waals surface area contributed by atoms with E-state index in [0.717, 1.165) is 6.26 Å². The highest BCUT2D eigenvalue weighted by atomic mass is 32.2. The third kappa shape index (κ3) is 2.95. The molecule has 0 saturated heterocycles. The molecule has 3 aromatic rings. The number of carbonyl (C=O) groups excluding carboxylic acids is 1. The molecule has 0 spiro atoms. The molecule has 8 heteroatoms. The van der Waals surface area contributed by atoms with Gasteiger partial charge in [-0.05, 0) is 36.4 Å². The minimum Gasteiger partial charge on any atom is -0.465 e.